The SMILES string of the molecule is CCC1c2ccsc2CCN1C(=O)CN1CCCN(c2ccc(C(F)(F)F)cn2)CC1. The number of hydrogen-bond acceptors (Lipinski definition) is 5. The zero-order chi connectivity index (χ0) is 22.0. The molecule has 0 bridgehead atoms. The lowest BCUT2D eigenvalue weighted by Gasteiger charge is -2.36. The monoisotopic (exact) mass is 452 g/mol. The molecule has 1 atom stereocenters. The average molecular weight is 453 g/mol. The number of halogens is 3. The number of aromatic nitrogens is 1. The molecule has 2 aromatic heterocycles. The van der Waals surface area contributed by atoms with Crippen molar-refractivity contribution in [2.45, 2.75) is 38.4 Å². The van der Waals surface area contributed by atoms with E-state index in [-0.39, 0.29) is 11.9 Å². The molecule has 1 saturated heterocycles. The third-order valence-electron chi connectivity index (χ3n) is 6.15. The summed E-state index contributed by atoms with van der Waals surface area (Å²) in [4.78, 5) is 24.7. The van der Waals surface area contributed by atoms with Gasteiger partial charge in [-0.3, -0.25) is 9.69 Å². The minimum atomic E-state index is -4.38. The molecule has 2 aliphatic rings. The number of amides is 1. The molecule has 168 valence electrons. The van der Waals surface area contributed by atoms with E-state index < -0.39 is 11.7 Å². The van der Waals surface area contributed by atoms with Crippen LogP contribution >= 0.6 is 11.3 Å². The topological polar surface area (TPSA) is 39.7 Å². The number of alkyl halides is 3. The first-order valence-corrected chi connectivity index (χ1v) is 11.6. The molecule has 2 aliphatic heterocycles. The van der Waals surface area contributed by atoms with Crippen molar-refractivity contribution in [2.24, 2.45) is 0 Å². The zero-order valence-electron chi connectivity index (χ0n) is 17.6. The normalized spacial score (nSPS) is 20.5. The highest BCUT2D eigenvalue weighted by Gasteiger charge is 2.32. The van der Waals surface area contributed by atoms with E-state index >= 15 is 0 Å². The van der Waals surface area contributed by atoms with E-state index in [0.717, 1.165) is 44.6 Å². The largest absolute Gasteiger partial charge is 0.417 e. The molecule has 1 amide bonds. The van der Waals surface area contributed by atoms with Gasteiger partial charge in [-0.25, -0.2) is 4.98 Å². The number of carbonyl (C=O) groups excluding carboxylic acids is 1. The van der Waals surface area contributed by atoms with Crippen molar-refractivity contribution < 1.29 is 18.0 Å². The van der Waals surface area contributed by atoms with Crippen molar-refractivity contribution in [2.75, 3.05) is 44.2 Å². The molecule has 0 aromatic carbocycles. The van der Waals surface area contributed by atoms with Crippen molar-refractivity contribution in [1.29, 1.82) is 0 Å². The summed E-state index contributed by atoms with van der Waals surface area (Å²) in [6.45, 7) is 6.09. The van der Waals surface area contributed by atoms with E-state index in [9.17, 15) is 18.0 Å². The highest BCUT2D eigenvalue weighted by molar-refractivity contribution is 7.10. The number of carbonyl (C=O) groups is 1. The molecule has 0 saturated carbocycles. The van der Waals surface area contributed by atoms with Gasteiger partial charge in [-0.15, -0.1) is 11.3 Å². The van der Waals surface area contributed by atoms with Gasteiger partial charge in [0.15, 0.2) is 0 Å². The van der Waals surface area contributed by atoms with Crippen LogP contribution in [0.15, 0.2) is 29.8 Å². The molecular formula is C22H27F3N4OS. The third kappa shape index (κ3) is 4.87. The van der Waals surface area contributed by atoms with Gasteiger partial charge in [0.25, 0.3) is 0 Å². The Morgan fingerprint density at radius 2 is 2.00 bits per heavy atom. The van der Waals surface area contributed by atoms with Gasteiger partial charge < -0.3 is 9.80 Å². The number of thiophene rings is 1. The Kier molecular flexibility index (Phi) is 6.52. The number of pyridine rings is 1. The Morgan fingerprint density at radius 3 is 2.71 bits per heavy atom. The molecule has 1 unspecified atom stereocenters. The van der Waals surface area contributed by atoms with Gasteiger partial charge in [0, 0.05) is 43.8 Å². The van der Waals surface area contributed by atoms with Crippen LogP contribution in [-0.4, -0.2) is 60.0 Å². The molecule has 5 nitrogen and oxygen atoms in total. The lowest BCUT2D eigenvalue weighted by Crippen LogP contribution is -2.45. The molecule has 1 fully saturated rings. The Bertz CT molecular complexity index is 899. The second kappa shape index (κ2) is 9.16. The number of hydrogen-bond donors (Lipinski definition) is 0. The molecule has 4 rings (SSSR count). The predicted octanol–water partition coefficient (Wildman–Crippen LogP) is 4.21. The maximum Gasteiger partial charge on any atom is 0.417 e. The van der Waals surface area contributed by atoms with Crippen molar-refractivity contribution in [3.05, 3.63) is 45.8 Å². The van der Waals surface area contributed by atoms with Crippen molar-refractivity contribution in [3.8, 4) is 0 Å². The number of rotatable bonds is 4. The summed E-state index contributed by atoms with van der Waals surface area (Å²) in [6.07, 6.45) is -0.829. The van der Waals surface area contributed by atoms with Crippen LogP contribution in [0, 0.1) is 0 Å². The third-order valence-corrected chi connectivity index (χ3v) is 7.14. The molecular weight excluding hydrogens is 425 g/mol. The first-order chi connectivity index (χ1) is 14.9. The van der Waals surface area contributed by atoms with E-state index in [1.54, 1.807) is 11.3 Å². The van der Waals surface area contributed by atoms with Gasteiger partial charge in [0.2, 0.25) is 5.91 Å². The second-order valence-corrected chi connectivity index (χ2v) is 9.08. The molecule has 2 aromatic rings. The summed E-state index contributed by atoms with van der Waals surface area (Å²) in [5, 5.41) is 2.11. The standard InChI is InChI=1S/C22H27F3N4OS/c1-2-18-17-7-13-31-19(17)6-10-29(18)21(30)15-27-8-3-9-28(12-11-27)20-5-4-16(14-26-20)22(23,24)25/h4-5,7,13-14,18H,2-3,6,8-12,15H2,1H3. The fraction of sp³-hybridized carbons (Fsp3) is 0.545. The maximum atomic E-state index is 13.1. The van der Waals surface area contributed by atoms with Crippen molar-refractivity contribution in [3.63, 3.8) is 0 Å². The van der Waals surface area contributed by atoms with E-state index in [2.05, 4.69) is 28.3 Å². The molecule has 0 spiro atoms. The number of nitrogens with zero attached hydrogens (tertiary/aromatic N) is 4. The average Bonchev–Trinajstić information content (AvgIpc) is 3.11. The summed E-state index contributed by atoms with van der Waals surface area (Å²) >= 11 is 1.77. The van der Waals surface area contributed by atoms with Crippen LogP contribution in [0.5, 0.6) is 0 Å². The summed E-state index contributed by atoms with van der Waals surface area (Å²) in [6, 6.07) is 4.81. The van der Waals surface area contributed by atoms with Crippen LogP contribution in [0.1, 0.15) is 41.8 Å². The van der Waals surface area contributed by atoms with Crippen LogP contribution in [0.4, 0.5) is 19.0 Å². The molecule has 0 N–H and O–H groups in total. The van der Waals surface area contributed by atoms with Crippen LogP contribution in [0.25, 0.3) is 0 Å². The van der Waals surface area contributed by atoms with E-state index in [1.807, 2.05) is 9.80 Å². The Hall–Kier alpha value is -2.13. The van der Waals surface area contributed by atoms with E-state index in [0.29, 0.717) is 32.0 Å². The molecule has 4 heterocycles. The number of fused-ring (bicyclic) bond motifs is 1. The fourth-order valence-electron chi connectivity index (χ4n) is 4.52. The molecule has 31 heavy (non-hydrogen) atoms. The van der Waals surface area contributed by atoms with Crippen molar-refractivity contribution >= 4 is 23.1 Å². The highest BCUT2D eigenvalue weighted by Crippen LogP contribution is 2.35. The van der Waals surface area contributed by atoms with Crippen LogP contribution < -0.4 is 4.90 Å². The molecule has 0 aliphatic carbocycles. The second-order valence-electron chi connectivity index (χ2n) is 8.08. The minimum Gasteiger partial charge on any atom is -0.355 e. The smallest absolute Gasteiger partial charge is 0.355 e. The van der Waals surface area contributed by atoms with Gasteiger partial charge in [0.05, 0.1) is 18.2 Å². The first kappa shape index (κ1) is 22.1. The number of anilines is 1. The fourth-order valence-corrected chi connectivity index (χ4v) is 5.44. The van der Waals surface area contributed by atoms with Gasteiger partial charge in [0.1, 0.15) is 5.82 Å². The summed E-state index contributed by atoms with van der Waals surface area (Å²) in [5.74, 6) is 0.707. The summed E-state index contributed by atoms with van der Waals surface area (Å²) in [7, 11) is 0. The lowest BCUT2D eigenvalue weighted by atomic mass is 9.97. The lowest BCUT2D eigenvalue weighted by molar-refractivity contribution is -0.138. The van der Waals surface area contributed by atoms with Crippen LogP contribution in [0.3, 0.4) is 0 Å². The van der Waals surface area contributed by atoms with E-state index in [1.165, 1.54) is 16.5 Å². The van der Waals surface area contributed by atoms with E-state index in [4.69, 9.17) is 0 Å². The Morgan fingerprint density at radius 1 is 1.16 bits per heavy atom. The Balaban J connectivity index is 1.35. The van der Waals surface area contributed by atoms with Crippen molar-refractivity contribution in [1.82, 2.24) is 14.8 Å². The first-order valence-electron chi connectivity index (χ1n) is 10.7. The van der Waals surface area contributed by atoms with Crippen LogP contribution in [0.2, 0.25) is 0 Å². The highest BCUT2D eigenvalue weighted by atomic mass is 32.1. The van der Waals surface area contributed by atoms with Crippen LogP contribution in [-0.2, 0) is 17.4 Å². The van der Waals surface area contributed by atoms with Gasteiger partial charge in [-0.1, -0.05) is 6.92 Å². The summed E-state index contributed by atoms with van der Waals surface area (Å²) < 4.78 is 38.3. The minimum absolute atomic E-state index is 0.155. The maximum absolute atomic E-state index is 13.1. The molecule has 0 radical (unpaired) electrons. The summed E-state index contributed by atoms with van der Waals surface area (Å²) in [5.41, 5.74) is 0.557. The quantitative estimate of drug-likeness (QED) is 0.697. The zero-order valence-corrected chi connectivity index (χ0v) is 18.4. The van der Waals surface area contributed by atoms with Gasteiger partial charge in [-0.05, 0) is 48.4 Å². The van der Waals surface area contributed by atoms with Gasteiger partial charge in [-0.2, -0.15) is 13.2 Å². The predicted molar refractivity (Wildman–Crippen MR) is 115 cm³/mol. The Labute approximate surface area is 184 Å². The molecule has 9 heteroatoms. The van der Waals surface area contributed by atoms with Gasteiger partial charge >= 0.3 is 6.18 Å².